The maximum Gasteiger partial charge on any atom is 0.234 e. The summed E-state index contributed by atoms with van der Waals surface area (Å²) in [5.41, 5.74) is 1.66. The number of phenols is 1. The SMILES string of the molecule is COc1cccc(C2C3=CCC4C(=O)N(C(C)(C)C)C(=O)C4C3CC3=C2C(=O)C(C)=CC3=O)c1O. The molecule has 5 rings (SSSR count). The second kappa shape index (κ2) is 7.77. The first-order valence-corrected chi connectivity index (χ1v) is 11.9. The Morgan fingerprint density at radius 2 is 1.77 bits per heavy atom. The number of amides is 2. The van der Waals surface area contributed by atoms with Crippen LogP contribution in [0.3, 0.4) is 0 Å². The number of hydrogen-bond donors (Lipinski definition) is 1. The number of ketones is 2. The van der Waals surface area contributed by atoms with E-state index in [1.165, 1.54) is 18.1 Å². The number of Topliss-reactive ketones (excluding diaryl/α,β-unsaturated/α-hetero) is 1. The topological polar surface area (TPSA) is 101 Å². The number of likely N-dealkylation sites (tertiary alicyclic amines) is 1. The molecule has 4 unspecified atom stereocenters. The van der Waals surface area contributed by atoms with Crippen molar-refractivity contribution in [2.75, 3.05) is 7.11 Å². The Morgan fingerprint density at radius 3 is 2.43 bits per heavy atom. The van der Waals surface area contributed by atoms with E-state index >= 15 is 0 Å². The molecule has 1 N–H and O–H groups in total. The zero-order valence-corrected chi connectivity index (χ0v) is 20.5. The first kappa shape index (κ1) is 23.3. The van der Waals surface area contributed by atoms with Gasteiger partial charge in [0, 0.05) is 33.7 Å². The number of imide groups is 1. The molecular formula is C28H29NO6. The Kier molecular flexibility index (Phi) is 5.16. The van der Waals surface area contributed by atoms with Crippen molar-refractivity contribution >= 4 is 23.4 Å². The van der Waals surface area contributed by atoms with Gasteiger partial charge < -0.3 is 9.84 Å². The summed E-state index contributed by atoms with van der Waals surface area (Å²) < 4.78 is 5.32. The summed E-state index contributed by atoms with van der Waals surface area (Å²) >= 11 is 0. The Balaban J connectivity index is 1.71. The molecule has 3 aliphatic carbocycles. The highest BCUT2D eigenvalue weighted by Crippen LogP contribution is 2.57. The van der Waals surface area contributed by atoms with Crippen molar-refractivity contribution < 1.29 is 29.0 Å². The molecule has 0 bridgehead atoms. The molecule has 0 saturated carbocycles. The number of aromatic hydroxyl groups is 1. The van der Waals surface area contributed by atoms with Crippen molar-refractivity contribution in [2.24, 2.45) is 17.8 Å². The van der Waals surface area contributed by atoms with Crippen molar-refractivity contribution in [3.8, 4) is 11.5 Å². The molecule has 1 saturated heterocycles. The molecule has 35 heavy (non-hydrogen) atoms. The van der Waals surface area contributed by atoms with Crippen LogP contribution in [0.5, 0.6) is 11.5 Å². The smallest absolute Gasteiger partial charge is 0.234 e. The second-order valence-electron chi connectivity index (χ2n) is 10.8. The third-order valence-electron chi connectivity index (χ3n) is 7.80. The molecule has 1 aromatic rings. The fourth-order valence-corrected chi connectivity index (χ4v) is 6.31. The van der Waals surface area contributed by atoms with Gasteiger partial charge in [-0.1, -0.05) is 23.8 Å². The molecule has 0 radical (unpaired) electrons. The molecule has 0 aromatic heterocycles. The number of carbonyl (C=O) groups is 4. The van der Waals surface area contributed by atoms with Crippen LogP contribution < -0.4 is 4.74 Å². The van der Waals surface area contributed by atoms with Crippen LogP contribution in [0, 0.1) is 17.8 Å². The minimum Gasteiger partial charge on any atom is -0.504 e. The van der Waals surface area contributed by atoms with Gasteiger partial charge in [0.2, 0.25) is 11.8 Å². The molecule has 1 fully saturated rings. The Labute approximate surface area is 204 Å². The number of methoxy groups -OCH3 is 1. The quantitative estimate of drug-likeness (QED) is 0.398. The Hall–Kier alpha value is -3.48. The molecule has 1 heterocycles. The Morgan fingerprint density at radius 1 is 1.06 bits per heavy atom. The normalized spacial score (nSPS) is 28.4. The average molecular weight is 476 g/mol. The van der Waals surface area contributed by atoms with Gasteiger partial charge in [-0.25, -0.2) is 0 Å². The highest BCUT2D eigenvalue weighted by Gasteiger charge is 2.58. The summed E-state index contributed by atoms with van der Waals surface area (Å²) in [5.74, 6) is -2.99. The number of para-hydroxylation sites is 1. The van der Waals surface area contributed by atoms with Crippen LogP contribution in [-0.2, 0) is 19.2 Å². The number of fused-ring (bicyclic) bond motifs is 3. The van der Waals surface area contributed by atoms with Crippen LogP contribution in [0.15, 0.2) is 52.6 Å². The number of carbonyl (C=O) groups excluding carboxylic acids is 4. The van der Waals surface area contributed by atoms with Gasteiger partial charge in [-0.05, 0) is 58.6 Å². The van der Waals surface area contributed by atoms with Crippen LogP contribution in [0.2, 0.25) is 0 Å². The maximum absolute atomic E-state index is 13.6. The fraction of sp³-hybridized carbons (Fsp3) is 0.429. The van der Waals surface area contributed by atoms with Gasteiger partial charge >= 0.3 is 0 Å². The molecule has 1 aromatic carbocycles. The molecular weight excluding hydrogens is 446 g/mol. The molecule has 4 atom stereocenters. The third-order valence-corrected chi connectivity index (χ3v) is 7.80. The number of ether oxygens (including phenoxy) is 1. The van der Waals surface area contributed by atoms with E-state index in [-0.39, 0.29) is 41.3 Å². The number of rotatable bonds is 2. The van der Waals surface area contributed by atoms with Gasteiger partial charge in [-0.15, -0.1) is 0 Å². The Bertz CT molecular complexity index is 1290. The molecule has 1 aliphatic heterocycles. The molecule has 182 valence electrons. The fourth-order valence-electron chi connectivity index (χ4n) is 6.31. The largest absolute Gasteiger partial charge is 0.504 e. The van der Waals surface area contributed by atoms with Crippen LogP contribution in [0.4, 0.5) is 0 Å². The van der Waals surface area contributed by atoms with E-state index in [0.717, 1.165) is 5.57 Å². The van der Waals surface area contributed by atoms with Gasteiger partial charge in [0.25, 0.3) is 0 Å². The van der Waals surface area contributed by atoms with E-state index in [1.807, 2.05) is 26.8 Å². The van der Waals surface area contributed by atoms with Crippen molar-refractivity contribution in [2.45, 2.75) is 52.0 Å². The summed E-state index contributed by atoms with van der Waals surface area (Å²) in [4.78, 5) is 54.8. The summed E-state index contributed by atoms with van der Waals surface area (Å²) in [7, 11) is 1.45. The predicted molar refractivity (Wildman–Crippen MR) is 128 cm³/mol. The highest BCUT2D eigenvalue weighted by atomic mass is 16.5. The minimum atomic E-state index is -0.702. The summed E-state index contributed by atoms with van der Waals surface area (Å²) in [6.45, 7) is 7.13. The third kappa shape index (κ3) is 3.24. The lowest BCUT2D eigenvalue weighted by molar-refractivity contribution is -0.145. The van der Waals surface area contributed by atoms with E-state index in [2.05, 4.69) is 0 Å². The van der Waals surface area contributed by atoms with Crippen molar-refractivity contribution in [3.05, 3.63) is 58.2 Å². The van der Waals surface area contributed by atoms with E-state index < -0.39 is 29.2 Å². The van der Waals surface area contributed by atoms with Gasteiger partial charge in [0.1, 0.15) is 0 Å². The molecule has 0 spiro atoms. The van der Waals surface area contributed by atoms with Gasteiger partial charge in [0.05, 0.1) is 18.9 Å². The monoisotopic (exact) mass is 475 g/mol. The van der Waals surface area contributed by atoms with E-state index in [9.17, 15) is 24.3 Å². The zero-order chi connectivity index (χ0) is 25.4. The molecule has 7 heteroatoms. The van der Waals surface area contributed by atoms with Crippen molar-refractivity contribution in [3.63, 3.8) is 0 Å². The zero-order valence-electron chi connectivity index (χ0n) is 20.5. The summed E-state index contributed by atoms with van der Waals surface area (Å²) in [5, 5.41) is 11.1. The first-order chi connectivity index (χ1) is 16.5. The van der Waals surface area contributed by atoms with E-state index in [4.69, 9.17) is 4.74 Å². The lowest BCUT2D eigenvalue weighted by Crippen LogP contribution is -2.46. The van der Waals surface area contributed by atoms with Crippen molar-refractivity contribution in [1.29, 1.82) is 0 Å². The minimum absolute atomic E-state index is 0.104. The van der Waals surface area contributed by atoms with Crippen LogP contribution in [0.1, 0.15) is 52.0 Å². The number of nitrogens with zero attached hydrogens (tertiary/aromatic N) is 1. The summed E-state index contributed by atoms with van der Waals surface area (Å²) in [6, 6.07) is 5.07. The average Bonchev–Trinajstić information content (AvgIpc) is 3.06. The predicted octanol–water partition coefficient (Wildman–Crippen LogP) is 3.63. The van der Waals surface area contributed by atoms with E-state index in [0.29, 0.717) is 28.7 Å². The van der Waals surface area contributed by atoms with Gasteiger partial charge in [0.15, 0.2) is 23.1 Å². The molecule has 2 amide bonds. The van der Waals surface area contributed by atoms with Gasteiger partial charge in [-0.2, -0.15) is 0 Å². The highest BCUT2D eigenvalue weighted by molar-refractivity contribution is 6.24. The number of allylic oxidation sites excluding steroid dienone is 6. The number of benzene rings is 1. The lowest BCUT2D eigenvalue weighted by Gasteiger charge is -2.42. The van der Waals surface area contributed by atoms with Crippen LogP contribution >= 0.6 is 0 Å². The molecule has 4 aliphatic rings. The molecule has 7 nitrogen and oxygen atoms in total. The van der Waals surface area contributed by atoms with Crippen LogP contribution in [-0.4, -0.2) is 46.0 Å². The second-order valence-corrected chi connectivity index (χ2v) is 10.8. The lowest BCUT2D eigenvalue weighted by atomic mass is 9.59. The van der Waals surface area contributed by atoms with Crippen LogP contribution in [0.25, 0.3) is 0 Å². The summed E-state index contributed by atoms with van der Waals surface area (Å²) in [6.07, 6.45) is 3.88. The van der Waals surface area contributed by atoms with Gasteiger partial charge in [-0.3, -0.25) is 24.1 Å². The number of phenolic OH excluding ortho intramolecular Hbond substituents is 1. The maximum atomic E-state index is 13.6. The van der Waals surface area contributed by atoms with Crippen molar-refractivity contribution in [1.82, 2.24) is 4.90 Å². The number of hydrogen-bond acceptors (Lipinski definition) is 6. The first-order valence-electron chi connectivity index (χ1n) is 11.9. The van der Waals surface area contributed by atoms with E-state index in [1.54, 1.807) is 25.1 Å². The standard InChI is InChI=1S/C28H29NO6/c1-13-11-19(30)18-12-17-14(9-10-16-22(17)27(34)29(26(16)33)28(2,3)4)21(23(18)24(13)31)15-7-6-8-20(35-5)25(15)32/h6-9,11,16-17,21-22,32H,10,12H2,1-5H3.